The highest BCUT2D eigenvalue weighted by atomic mass is 32.1. The highest BCUT2D eigenvalue weighted by Crippen LogP contribution is 2.36. The monoisotopic (exact) mass is 445 g/mol. The van der Waals surface area contributed by atoms with E-state index in [1.807, 2.05) is 0 Å². The number of aliphatic hydroxyl groups is 1. The van der Waals surface area contributed by atoms with Crippen LogP contribution in [0, 0.1) is 10.1 Å². The van der Waals surface area contributed by atoms with Gasteiger partial charge in [0.15, 0.2) is 16.6 Å². The lowest BCUT2D eigenvalue weighted by molar-refractivity contribution is -0.385. The van der Waals surface area contributed by atoms with E-state index < -0.39 is 10.8 Å². The summed E-state index contributed by atoms with van der Waals surface area (Å²) in [7, 11) is 1.57. The van der Waals surface area contributed by atoms with Crippen molar-refractivity contribution in [1.82, 2.24) is 4.98 Å². The number of nitro groups is 1. The molecule has 0 saturated heterocycles. The summed E-state index contributed by atoms with van der Waals surface area (Å²) in [5.41, 5.74) is 6.20. The van der Waals surface area contributed by atoms with Crippen molar-refractivity contribution >= 4 is 44.4 Å². The summed E-state index contributed by atoms with van der Waals surface area (Å²) in [6.45, 7) is -0.349. The third-order valence-electron chi connectivity index (χ3n) is 3.96. The minimum atomic E-state index is -0.751. The van der Waals surface area contributed by atoms with Crippen molar-refractivity contribution in [2.75, 3.05) is 31.0 Å². The zero-order valence-corrected chi connectivity index (χ0v) is 17.1. The molecule has 3 aromatic rings. The van der Waals surface area contributed by atoms with Crippen LogP contribution in [0.2, 0.25) is 0 Å². The molecule has 11 nitrogen and oxygen atoms in total. The molecule has 0 unspecified atom stereocenters. The number of hydrogen-bond acceptors (Lipinski definition) is 10. The first-order chi connectivity index (χ1) is 14.9. The summed E-state index contributed by atoms with van der Waals surface area (Å²) in [5, 5.41) is 26.9. The molecule has 0 saturated carbocycles. The maximum absolute atomic E-state index is 11.8. The van der Waals surface area contributed by atoms with Crippen molar-refractivity contribution in [1.29, 1.82) is 0 Å². The molecule has 3 rings (SSSR count). The van der Waals surface area contributed by atoms with Crippen molar-refractivity contribution in [3.63, 3.8) is 0 Å². The first-order valence-electron chi connectivity index (χ1n) is 8.92. The second-order valence-corrected chi connectivity index (χ2v) is 7.05. The van der Waals surface area contributed by atoms with Gasteiger partial charge in [0, 0.05) is 17.4 Å². The number of hydrogen-bond donors (Lipinski definition) is 4. The van der Waals surface area contributed by atoms with Gasteiger partial charge in [-0.3, -0.25) is 14.9 Å². The van der Waals surface area contributed by atoms with Gasteiger partial charge in [-0.25, -0.2) is 4.98 Å². The van der Waals surface area contributed by atoms with Gasteiger partial charge in [-0.05, 0) is 36.4 Å². The maximum atomic E-state index is 11.8. The number of benzene rings is 2. The van der Waals surface area contributed by atoms with Gasteiger partial charge in [-0.15, -0.1) is 0 Å². The molecule has 0 aliphatic rings. The molecule has 12 heteroatoms. The third-order valence-corrected chi connectivity index (χ3v) is 4.85. The molecule has 0 bridgehead atoms. The molecule has 1 amide bonds. The minimum Gasteiger partial charge on any atom is -0.497 e. The molecule has 0 atom stereocenters. The van der Waals surface area contributed by atoms with Crippen LogP contribution < -0.4 is 25.8 Å². The fraction of sp³-hybridized carbons (Fsp3) is 0.158. The molecule has 1 aromatic heterocycles. The van der Waals surface area contributed by atoms with Gasteiger partial charge in [-0.2, -0.15) is 0 Å². The van der Waals surface area contributed by atoms with Gasteiger partial charge >= 0.3 is 5.69 Å². The molecule has 0 spiro atoms. The van der Waals surface area contributed by atoms with Crippen LogP contribution in [0.15, 0.2) is 42.5 Å². The maximum Gasteiger partial charge on any atom is 0.312 e. The van der Waals surface area contributed by atoms with Gasteiger partial charge in [-0.1, -0.05) is 11.3 Å². The average Bonchev–Trinajstić information content (AvgIpc) is 3.15. The van der Waals surface area contributed by atoms with E-state index in [0.29, 0.717) is 21.6 Å². The number of nitrogens with one attached hydrogen (secondary N) is 2. The van der Waals surface area contributed by atoms with E-state index in [1.165, 1.54) is 12.1 Å². The second kappa shape index (κ2) is 9.73. The predicted molar refractivity (Wildman–Crippen MR) is 116 cm³/mol. The smallest absolute Gasteiger partial charge is 0.312 e. The Morgan fingerprint density at radius 3 is 2.55 bits per heavy atom. The van der Waals surface area contributed by atoms with Crippen molar-refractivity contribution in [3.05, 3.63) is 58.3 Å². The van der Waals surface area contributed by atoms with E-state index in [2.05, 4.69) is 15.6 Å². The number of rotatable bonds is 10. The summed E-state index contributed by atoms with van der Waals surface area (Å²) >= 11 is 1.12. The summed E-state index contributed by atoms with van der Waals surface area (Å²) in [6, 6.07) is 11.3. The summed E-state index contributed by atoms with van der Waals surface area (Å²) in [4.78, 5) is 26.8. The summed E-state index contributed by atoms with van der Waals surface area (Å²) in [6.07, 6.45) is 0. The molecular weight excluding hydrogens is 426 g/mol. The first-order valence-corrected chi connectivity index (χ1v) is 9.73. The molecule has 0 aliphatic carbocycles. The standard InChI is InChI=1S/C19H19N5O6S/c1-29-13-5-2-11(3-6-13)22-19-23-16(17(20)26)18(31-19)21-12-4-7-15(30-9-8-25)14(10-12)24(27)28/h2-7,10,21,25H,8-9H2,1H3,(H2,20,26)(H,22,23). The number of thiazole rings is 1. The van der Waals surface area contributed by atoms with Crippen LogP contribution >= 0.6 is 11.3 Å². The molecule has 0 aliphatic heterocycles. The number of nitrogens with zero attached hydrogens (tertiary/aromatic N) is 2. The van der Waals surface area contributed by atoms with Crippen LogP contribution in [0.5, 0.6) is 11.5 Å². The Balaban J connectivity index is 1.85. The number of carbonyl (C=O) groups is 1. The number of methoxy groups -OCH3 is 1. The van der Waals surface area contributed by atoms with Crippen molar-refractivity contribution in [2.45, 2.75) is 0 Å². The normalized spacial score (nSPS) is 10.4. The van der Waals surface area contributed by atoms with Gasteiger partial charge in [0.1, 0.15) is 17.4 Å². The third kappa shape index (κ3) is 5.38. The molecular formula is C19H19N5O6S. The summed E-state index contributed by atoms with van der Waals surface area (Å²) in [5.74, 6) is -0.0392. The number of aliphatic hydroxyl groups excluding tert-OH is 1. The van der Waals surface area contributed by atoms with E-state index in [0.717, 1.165) is 17.0 Å². The van der Waals surface area contributed by atoms with E-state index in [1.54, 1.807) is 37.4 Å². The molecule has 1 heterocycles. The van der Waals surface area contributed by atoms with Gasteiger partial charge in [0.2, 0.25) is 0 Å². The quantitative estimate of drug-likeness (QED) is 0.271. The molecule has 2 aromatic carbocycles. The lowest BCUT2D eigenvalue weighted by Crippen LogP contribution is -2.13. The average molecular weight is 445 g/mol. The largest absolute Gasteiger partial charge is 0.497 e. The Morgan fingerprint density at radius 1 is 1.23 bits per heavy atom. The fourth-order valence-corrected chi connectivity index (χ4v) is 3.48. The molecule has 0 fully saturated rings. The minimum absolute atomic E-state index is 0.00993. The number of amides is 1. The summed E-state index contributed by atoms with van der Waals surface area (Å²) < 4.78 is 10.3. The predicted octanol–water partition coefficient (Wildman–Crippen LogP) is 3.02. The van der Waals surface area contributed by atoms with Gasteiger partial charge < -0.3 is 30.9 Å². The molecule has 162 valence electrons. The highest BCUT2D eigenvalue weighted by molar-refractivity contribution is 7.20. The molecule has 0 radical (unpaired) electrons. The fourth-order valence-electron chi connectivity index (χ4n) is 2.57. The number of carbonyl (C=O) groups excluding carboxylic acids is 1. The Hall–Kier alpha value is -3.90. The van der Waals surface area contributed by atoms with Crippen molar-refractivity contribution in [2.24, 2.45) is 5.73 Å². The van der Waals surface area contributed by atoms with Crippen LogP contribution in [0.25, 0.3) is 0 Å². The lowest BCUT2D eigenvalue weighted by Gasteiger charge is -2.08. The van der Waals surface area contributed by atoms with Crippen LogP contribution in [0.1, 0.15) is 10.5 Å². The molecule has 31 heavy (non-hydrogen) atoms. The topological polar surface area (TPSA) is 162 Å². The van der Waals surface area contributed by atoms with Crippen molar-refractivity contribution in [3.8, 4) is 11.5 Å². The highest BCUT2D eigenvalue weighted by Gasteiger charge is 2.20. The Morgan fingerprint density at radius 2 is 1.94 bits per heavy atom. The SMILES string of the molecule is COc1ccc(Nc2nc(C(N)=O)c(Nc3ccc(OCCO)c([N+](=O)[O-])c3)s2)cc1. The lowest BCUT2D eigenvalue weighted by atomic mass is 10.2. The Bertz CT molecular complexity index is 1090. The second-order valence-electron chi connectivity index (χ2n) is 6.05. The number of nitrogens with two attached hydrogens (primary N) is 1. The van der Waals surface area contributed by atoms with E-state index >= 15 is 0 Å². The Labute approximate surface area is 180 Å². The van der Waals surface area contributed by atoms with E-state index in [-0.39, 0.29) is 30.3 Å². The Kier molecular flexibility index (Phi) is 6.85. The zero-order chi connectivity index (χ0) is 22.4. The van der Waals surface area contributed by atoms with Crippen LogP contribution in [-0.4, -0.2) is 41.2 Å². The van der Waals surface area contributed by atoms with Gasteiger partial charge in [0.05, 0.1) is 18.6 Å². The van der Waals surface area contributed by atoms with Crippen molar-refractivity contribution < 1.29 is 24.3 Å². The van der Waals surface area contributed by atoms with Crippen LogP contribution in [-0.2, 0) is 0 Å². The van der Waals surface area contributed by atoms with E-state index in [9.17, 15) is 14.9 Å². The number of anilines is 4. The van der Waals surface area contributed by atoms with Gasteiger partial charge in [0.25, 0.3) is 5.91 Å². The number of nitro benzene ring substituents is 1. The zero-order valence-electron chi connectivity index (χ0n) is 16.3. The number of ether oxygens (including phenoxy) is 2. The van der Waals surface area contributed by atoms with Crippen LogP contribution in [0.4, 0.5) is 27.2 Å². The number of primary amides is 1. The number of aromatic nitrogens is 1. The first kappa shape index (κ1) is 21.8. The van der Waals surface area contributed by atoms with Crippen LogP contribution in [0.3, 0.4) is 0 Å². The van der Waals surface area contributed by atoms with E-state index in [4.69, 9.17) is 20.3 Å². The molecule has 5 N–H and O–H groups in total.